The lowest BCUT2D eigenvalue weighted by atomic mass is 10.0. The Hall–Kier alpha value is -0.970. The van der Waals surface area contributed by atoms with Gasteiger partial charge in [0.1, 0.15) is 13.2 Å². The van der Waals surface area contributed by atoms with Gasteiger partial charge in [0.25, 0.3) is 0 Å². The number of hydrogen-bond donors (Lipinski definition) is 1. The smallest absolute Gasteiger partial charge is 0.179 e. The molecule has 4 nitrogen and oxygen atoms in total. The lowest BCUT2D eigenvalue weighted by Crippen LogP contribution is -2.56. The van der Waals surface area contributed by atoms with Crippen molar-refractivity contribution < 1.29 is 9.47 Å². The van der Waals surface area contributed by atoms with Crippen LogP contribution in [0, 0.1) is 0 Å². The van der Waals surface area contributed by atoms with Gasteiger partial charge in [0.2, 0.25) is 0 Å². The second-order valence-electron chi connectivity index (χ2n) is 6.12. The molecule has 3 rings (SSSR count). The summed E-state index contributed by atoms with van der Waals surface area (Å²) in [6.07, 6.45) is 0. The van der Waals surface area contributed by atoms with Gasteiger partial charge in [-0.2, -0.15) is 0 Å². The van der Waals surface area contributed by atoms with Crippen LogP contribution in [0.3, 0.4) is 0 Å². The minimum Gasteiger partial charge on any atom is -0.486 e. The Morgan fingerprint density at radius 2 is 2.10 bits per heavy atom. The molecule has 1 aromatic carbocycles. The van der Waals surface area contributed by atoms with Gasteiger partial charge >= 0.3 is 0 Å². The Morgan fingerprint density at radius 1 is 1.30 bits per heavy atom. The second-order valence-corrected chi connectivity index (χ2v) is 6.53. The Morgan fingerprint density at radius 3 is 2.90 bits per heavy atom. The van der Waals surface area contributed by atoms with E-state index >= 15 is 0 Å². The van der Waals surface area contributed by atoms with Crippen molar-refractivity contribution in [2.75, 3.05) is 32.8 Å². The third kappa shape index (κ3) is 3.03. The molecule has 0 spiro atoms. The van der Waals surface area contributed by atoms with Crippen LogP contribution >= 0.6 is 11.6 Å². The fourth-order valence-electron chi connectivity index (χ4n) is 2.90. The lowest BCUT2D eigenvalue weighted by Gasteiger charge is -2.39. The zero-order valence-electron chi connectivity index (χ0n) is 12.0. The van der Waals surface area contributed by atoms with Crippen molar-refractivity contribution in [1.82, 2.24) is 10.2 Å². The first-order valence-corrected chi connectivity index (χ1v) is 7.47. The van der Waals surface area contributed by atoms with Gasteiger partial charge in [-0.25, -0.2) is 0 Å². The maximum Gasteiger partial charge on any atom is 0.179 e. The number of rotatable bonds is 2. The first kappa shape index (κ1) is 14.0. The fourth-order valence-corrected chi connectivity index (χ4v) is 3.18. The van der Waals surface area contributed by atoms with Gasteiger partial charge < -0.3 is 14.8 Å². The normalized spacial score (nSPS) is 21.8. The van der Waals surface area contributed by atoms with Gasteiger partial charge in [-0.1, -0.05) is 11.6 Å². The van der Waals surface area contributed by atoms with Crippen LogP contribution in [-0.2, 0) is 6.54 Å². The fraction of sp³-hybridized carbons (Fsp3) is 0.600. The molecule has 110 valence electrons. The van der Waals surface area contributed by atoms with Crippen molar-refractivity contribution in [3.05, 3.63) is 22.7 Å². The SMILES string of the molecule is CC1(C)CN(Cc2cc(Cl)c3c(c2)OCCO3)CCN1. The molecule has 0 aromatic heterocycles. The molecule has 0 unspecified atom stereocenters. The molecular formula is C15H21ClN2O2. The van der Waals surface area contributed by atoms with Gasteiger partial charge in [0.05, 0.1) is 5.02 Å². The molecular weight excluding hydrogens is 276 g/mol. The van der Waals surface area contributed by atoms with Crippen molar-refractivity contribution in [2.24, 2.45) is 0 Å². The molecule has 0 atom stereocenters. The molecule has 0 saturated carbocycles. The average molecular weight is 297 g/mol. The summed E-state index contributed by atoms with van der Waals surface area (Å²) in [5, 5.41) is 4.17. The van der Waals surface area contributed by atoms with Crippen LogP contribution in [0.1, 0.15) is 19.4 Å². The topological polar surface area (TPSA) is 33.7 Å². The molecule has 1 N–H and O–H groups in total. The Balaban J connectivity index is 1.76. The molecule has 20 heavy (non-hydrogen) atoms. The summed E-state index contributed by atoms with van der Waals surface area (Å²) in [7, 11) is 0. The number of piperazine rings is 1. The van der Waals surface area contributed by atoms with E-state index in [1.54, 1.807) is 0 Å². The number of ether oxygens (including phenoxy) is 2. The van der Waals surface area contributed by atoms with E-state index in [0.29, 0.717) is 24.0 Å². The van der Waals surface area contributed by atoms with Crippen LogP contribution in [0.15, 0.2) is 12.1 Å². The number of nitrogens with one attached hydrogen (secondary N) is 1. The second kappa shape index (κ2) is 5.43. The minimum atomic E-state index is 0.163. The van der Waals surface area contributed by atoms with E-state index in [2.05, 4.69) is 30.1 Å². The maximum atomic E-state index is 6.29. The summed E-state index contributed by atoms with van der Waals surface area (Å²) >= 11 is 6.29. The largest absolute Gasteiger partial charge is 0.486 e. The molecule has 2 aliphatic rings. The summed E-state index contributed by atoms with van der Waals surface area (Å²) in [5.41, 5.74) is 1.34. The highest BCUT2D eigenvalue weighted by Gasteiger charge is 2.26. The van der Waals surface area contributed by atoms with Gasteiger partial charge in [-0.05, 0) is 31.5 Å². The van der Waals surface area contributed by atoms with E-state index < -0.39 is 0 Å². The first-order valence-electron chi connectivity index (χ1n) is 7.09. The van der Waals surface area contributed by atoms with Gasteiger partial charge in [-0.3, -0.25) is 4.90 Å². The van der Waals surface area contributed by atoms with Crippen molar-refractivity contribution in [1.29, 1.82) is 0 Å². The highest BCUT2D eigenvalue weighted by Crippen LogP contribution is 2.38. The third-order valence-corrected chi connectivity index (χ3v) is 3.99. The molecule has 5 heteroatoms. The third-order valence-electron chi connectivity index (χ3n) is 3.71. The van der Waals surface area contributed by atoms with Crippen molar-refractivity contribution in [2.45, 2.75) is 25.9 Å². The number of fused-ring (bicyclic) bond motifs is 1. The zero-order valence-corrected chi connectivity index (χ0v) is 12.8. The van der Waals surface area contributed by atoms with Crippen LogP contribution < -0.4 is 14.8 Å². The van der Waals surface area contributed by atoms with E-state index in [-0.39, 0.29) is 5.54 Å². The van der Waals surface area contributed by atoms with Crippen molar-refractivity contribution in [3.8, 4) is 11.5 Å². The summed E-state index contributed by atoms with van der Waals surface area (Å²) < 4.78 is 11.2. The first-order chi connectivity index (χ1) is 9.53. The summed E-state index contributed by atoms with van der Waals surface area (Å²) in [6.45, 7) is 9.61. The predicted octanol–water partition coefficient (Wildman–Crippen LogP) is 2.29. The summed E-state index contributed by atoms with van der Waals surface area (Å²) in [5.74, 6) is 1.45. The van der Waals surface area contributed by atoms with Crippen LogP contribution in [0.4, 0.5) is 0 Å². The van der Waals surface area contributed by atoms with Gasteiger partial charge in [0.15, 0.2) is 11.5 Å². The molecule has 1 saturated heterocycles. The molecule has 1 aromatic rings. The predicted molar refractivity (Wildman–Crippen MR) is 79.8 cm³/mol. The van der Waals surface area contributed by atoms with E-state index in [4.69, 9.17) is 21.1 Å². The highest BCUT2D eigenvalue weighted by atomic mass is 35.5. The molecule has 0 radical (unpaired) electrons. The number of hydrogen-bond acceptors (Lipinski definition) is 4. The van der Waals surface area contributed by atoms with Crippen molar-refractivity contribution in [3.63, 3.8) is 0 Å². The molecule has 0 bridgehead atoms. The number of benzene rings is 1. The summed E-state index contributed by atoms with van der Waals surface area (Å²) in [6, 6.07) is 4.04. The van der Waals surface area contributed by atoms with Crippen LogP contribution in [0.2, 0.25) is 5.02 Å². The quantitative estimate of drug-likeness (QED) is 0.908. The summed E-state index contributed by atoms with van der Waals surface area (Å²) in [4.78, 5) is 2.44. The number of halogens is 1. The van der Waals surface area contributed by atoms with E-state index in [1.165, 1.54) is 5.56 Å². The van der Waals surface area contributed by atoms with E-state index in [1.807, 2.05) is 6.07 Å². The highest BCUT2D eigenvalue weighted by molar-refractivity contribution is 6.32. The van der Waals surface area contributed by atoms with Crippen LogP contribution in [0.5, 0.6) is 11.5 Å². The zero-order chi connectivity index (χ0) is 14.2. The molecule has 0 amide bonds. The molecule has 2 heterocycles. The van der Waals surface area contributed by atoms with Gasteiger partial charge in [-0.15, -0.1) is 0 Å². The maximum absolute atomic E-state index is 6.29. The minimum absolute atomic E-state index is 0.163. The monoisotopic (exact) mass is 296 g/mol. The molecule has 2 aliphatic heterocycles. The van der Waals surface area contributed by atoms with Gasteiger partial charge in [0, 0.05) is 31.7 Å². The standard InChI is InChI=1S/C15H21ClN2O2/c1-15(2)10-18(4-3-17-15)9-11-7-12(16)14-13(8-11)19-5-6-20-14/h7-8,17H,3-6,9-10H2,1-2H3. The van der Waals surface area contributed by atoms with E-state index in [0.717, 1.165) is 31.9 Å². The van der Waals surface area contributed by atoms with Crippen LogP contribution in [0.25, 0.3) is 0 Å². The number of nitrogens with zero attached hydrogens (tertiary/aromatic N) is 1. The Bertz CT molecular complexity index is 505. The average Bonchev–Trinajstić information content (AvgIpc) is 2.37. The van der Waals surface area contributed by atoms with Crippen LogP contribution in [-0.4, -0.2) is 43.3 Å². The Kier molecular flexibility index (Phi) is 3.80. The van der Waals surface area contributed by atoms with E-state index in [9.17, 15) is 0 Å². The molecule has 1 fully saturated rings. The Labute approximate surface area is 125 Å². The lowest BCUT2D eigenvalue weighted by molar-refractivity contribution is 0.147. The van der Waals surface area contributed by atoms with Crippen molar-refractivity contribution >= 4 is 11.6 Å². The molecule has 0 aliphatic carbocycles.